The molecule has 0 bridgehead atoms. The van der Waals surface area contributed by atoms with Gasteiger partial charge in [-0.3, -0.25) is 9.59 Å². The third-order valence-corrected chi connectivity index (χ3v) is 8.42. The summed E-state index contributed by atoms with van der Waals surface area (Å²) in [6, 6.07) is 7.42. The number of nitrogens with one attached hydrogen (secondary N) is 2. The van der Waals surface area contributed by atoms with Gasteiger partial charge in [0, 0.05) is 10.6 Å². The summed E-state index contributed by atoms with van der Waals surface area (Å²) in [5.74, 6) is -1.28. The molecule has 0 spiro atoms. The lowest BCUT2D eigenvalue weighted by molar-refractivity contribution is -0.114. The zero-order valence-electron chi connectivity index (χ0n) is 17.7. The molecule has 0 fully saturated rings. The van der Waals surface area contributed by atoms with Crippen LogP contribution in [0.5, 0.6) is 0 Å². The second kappa shape index (κ2) is 10.5. The van der Waals surface area contributed by atoms with Crippen molar-refractivity contribution < 1.29 is 27.5 Å². The van der Waals surface area contributed by atoms with Crippen molar-refractivity contribution >= 4 is 61.4 Å². The number of anilines is 2. The van der Waals surface area contributed by atoms with Gasteiger partial charge in [0.1, 0.15) is 5.00 Å². The van der Waals surface area contributed by atoms with E-state index in [9.17, 15) is 22.8 Å². The maximum absolute atomic E-state index is 12.5. The normalized spacial score (nSPS) is 14.3. The monoisotopic (exact) mass is 496 g/mol. The molecule has 172 valence electrons. The van der Waals surface area contributed by atoms with Gasteiger partial charge in [-0.2, -0.15) is 0 Å². The largest absolute Gasteiger partial charge is 0.462 e. The van der Waals surface area contributed by atoms with Crippen molar-refractivity contribution in [2.24, 2.45) is 0 Å². The van der Waals surface area contributed by atoms with Gasteiger partial charge < -0.3 is 15.4 Å². The number of aryl methyl sites for hydroxylation is 1. The summed E-state index contributed by atoms with van der Waals surface area (Å²) >= 11 is 2.23. The van der Waals surface area contributed by atoms with Crippen molar-refractivity contribution in [3.05, 3.63) is 45.8 Å². The van der Waals surface area contributed by atoms with Gasteiger partial charge in [0.15, 0.2) is 9.84 Å². The van der Waals surface area contributed by atoms with Crippen LogP contribution in [-0.2, 0) is 36.3 Å². The van der Waals surface area contributed by atoms with E-state index in [2.05, 4.69) is 10.6 Å². The topological polar surface area (TPSA) is 119 Å². The maximum Gasteiger partial charge on any atom is 0.341 e. The van der Waals surface area contributed by atoms with Crippen LogP contribution in [0.1, 0.15) is 33.3 Å². The molecule has 0 atom stereocenters. The van der Waals surface area contributed by atoms with Gasteiger partial charge >= 0.3 is 5.97 Å². The van der Waals surface area contributed by atoms with Crippen LogP contribution >= 0.6 is 23.1 Å². The number of esters is 1. The van der Waals surface area contributed by atoms with Gasteiger partial charge in [-0.05, 0) is 43.5 Å². The molecule has 2 N–H and O–H groups in total. The summed E-state index contributed by atoms with van der Waals surface area (Å²) in [5, 5.41) is 5.77. The highest BCUT2D eigenvalue weighted by Gasteiger charge is 2.32. The molecule has 0 unspecified atom stereocenters. The Kier molecular flexibility index (Phi) is 7.96. The Balaban J connectivity index is 1.61. The second-order valence-electron chi connectivity index (χ2n) is 7.23. The van der Waals surface area contributed by atoms with Crippen molar-refractivity contribution in [2.75, 3.05) is 34.5 Å². The van der Waals surface area contributed by atoms with Crippen LogP contribution in [0, 0.1) is 6.92 Å². The smallest absolute Gasteiger partial charge is 0.341 e. The van der Waals surface area contributed by atoms with Crippen molar-refractivity contribution in [1.82, 2.24) is 0 Å². The first-order valence-corrected chi connectivity index (χ1v) is 13.7. The number of amides is 2. The Bertz CT molecular complexity index is 1140. The SMILES string of the molecule is CCOC(=O)c1c(NC(=O)CSCC(=O)Nc2cccc(C)c2)sc2c1CCS(=O)(=O)C2. The lowest BCUT2D eigenvalue weighted by atomic mass is 10.1. The molecule has 8 nitrogen and oxygen atoms in total. The highest BCUT2D eigenvalue weighted by atomic mass is 32.2. The number of fused-ring (bicyclic) bond motifs is 1. The molecule has 1 aliphatic rings. The number of hydrogen-bond acceptors (Lipinski definition) is 8. The predicted molar refractivity (Wildman–Crippen MR) is 127 cm³/mol. The van der Waals surface area contributed by atoms with Crippen LogP contribution in [0.15, 0.2) is 24.3 Å². The molecule has 0 aliphatic carbocycles. The van der Waals surface area contributed by atoms with E-state index < -0.39 is 15.8 Å². The summed E-state index contributed by atoms with van der Waals surface area (Å²) in [7, 11) is -3.22. The van der Waals surface area contributed by atoms with Crippen molar-refractivity contribution in [3.8, 4) is 0 Å². The van der Waals surface area contributed by atoms with E-state index in [0.717, 1.165) is 28.7 Å². The Morgan fingerprint density at radius 2 is 1.88 bits per heavy atom. The maximum atomic E-state index is 12.5. The van der Waals surface area contributed by atoms with Crippen LogP contribution in [0.25, 0.3) is 0 Å². The highest BCUT2D eigenvalue weighted by molar-refractivity contribution is 8.00. The average molecular weight is 497 g/mol. The summed E-state index contributed by atoms with van der Waals surface area (Å²) in [6.45, 7) is 3.77. The van der Waals surface area contributed by atoms with Gasteiger partial charge in [-0.25, -0.2) is 13.2 Å². The Morgan fingerprint density at radius 3 is 2.56 bits per heavy atom. The zero-order valence-corrected chi connectivity index (χ0v) is 20.2. The molecule has 32 heavy (non-hydrogen) atoms. The molecule has 11 heteroatoms. The minimum absolute atomic E-state index is 0.00433. The molecule has 1 aromatic carbocycles. The van der Waals surface area contributed by atoms with E-state index in [1.165, 1.54) is 0 Å². The van der Waals surface area contributed by atoms with E-state index in [1.807, 2.05) is 25.1 Å². The van der Waals surface area contributed by atoms with E-state index >= 15 is 0 Å². The molecule has 0 saturated carbocycles. The van der Waals surface area contributed by atoms with Crippen molar-refractivity contribution in [2.45, 2.75) is 26.0 Å². The number of ether oxygens (including phenoxy) is 1. The van der Waals surface area contributed by atoms with E-state index in [4.69, 9.17) is 4.74 Å². The van der Waals surface area contributed by atoms with E-state index in [-0.39, 0.29) is 53.4 Å². The first-order valence-electron chi connectivity index (χ1n) is 9.94. The number of hydrogen-bond donors (Lipinski definition) is 2. The fourth-order valence-electron chi connectivity index (χ4n) is 3.25. The van der Waals surface area contributed by atoms with Crippen LogP contribution in [0.3, 0.4) is 0 Å². The standard InChI is InChI=1S/C21H24N2O6S3/c1-3-29-21(26)19-15-7-8-32(27,28)12-16(15)31-20(19)23-18(25)11-30-10-17(24)22-14-6-4-5-13(2)9-14/h4-6,9H,3,7-8,10-12H2,1-2H3,(H,22,24)(H,23,25). The van der Waals surface area contributed by atoms with E-state index in [0.29, 0.717) is 21.1 Å². The predicted octanol–water partition coefficient (Wildman–Crippen LogP) is 3.01. The molecule has 0 saturated heterocycles. The molecule has 0 radical (unpaired) electrons. The lowest BCUT2D eigenvalue weighted by Crippen LogP contribution is -2.21. The molecule has 1 aliphatic heterocycles. The first kappa shape index (κ1) is 24.3. The lowest BCUT2D eigenvalue weighted by Gasteiger charge is -2.13. The number of thiophene rings is 1. The van der Waals surface area contributed by atoms with Crippen molar-refractivity contribution in [3.63, 3.8) is 0 Å². The van der Waals surface area contributed by atoms with Gasteiger partial charge in [0.2, 0.25) is 11.8 Å². The summed E-state index contributed by atoms with van der Waals surface area (Å²) < 4.78 is 29.0. The summed E-state index contributed by atoms with van der Waals surface area (Å²) in [6.07, 6.45) is 0.214. The molecular weight excluding hydrogens is 472 g/mol. The molecule has 2 aromatic rings. The molecule has 3 rings (SSSR count). The minimum atomic E-state index is -3.22. The number of carbonyl (C=O) groups is 3. The van der Waals surface area contributed by atoms with Gasteiger partial charge in [-0.1, -0.05) is 12.1 Å². The zero-order chi connectivity index (χ0) is 23.3. The van der Waals surface area contributed by atoms with Gasteiger partial charge in [0.05, 0.1) is 35.2 Å². The Hall–Kier alpha value is -2.37. The highest BCUT2D eigenvalue weighted by Crippen LogP contribution is 2.38. The number of rotatable bonds is 8. The number of carbonyl (C=O) groups excluding carboxylic acids is 3. The molecular formula is C21H24N2O6S3. The molecule has 2 amide bonds. The van der Waals surface area contributed by atoms with Gasteiger partial charge in [0.25, 0.3) is 0 Å². The number of benzene rings is 1. The summed E-state index contributed by atoms with van der Waals surface area (Å²) in [4.78, 5) is 37.6. The van der Waals surface area contributed by atoms with Gasteiger partial charge in [-0.15, -0.1) is 23.1 Å². The fraction of sp³-hybridized carbons (Fsp3) is 0.381. The first-order chi connectivity index (χ1) is 15.2. The Morgan fingerprint density at radius 1 is 1.16 bits per heavy atom. The fourth-order valence-corrected chi connectivity index (χ4v) is 6.92. The minimum Gasteiger partial charge on any atom is -0.462 e. The third-order valence-electron chi connectivity index (χ3n) is 4.61. The Labute approximate surface area is 195 Å². The average Bonchev–Trinajstić information content (AvgIpc) is 3.03. The van der Waals surface area contributed by atoms with E-state index in [1.54, 1.807) is 13.0 Å². The quantitative estimate of drug-likeness (QED) is 0.539. The number of sulfone groups is 1. The second-order valence-corrected chi connectivity index (χ2v) is 11.5. The van der Waals surface area contributed by atoms with Crippen LogP contribution < -0.4 is 10.6 Å². The molecule has 1 aromatic heterocycles. The molecule has 2 heterocycles. The number of thioether (sulfide) groups is 1. The van der Waals surface area contributed by atoms with Crippen LogP contribution in [0.4, 0.5) is 10.7 Å². The van der Waals surface area contributed by atoms with Crippen LogP contribution in [-0.4, -0.2) is 50.1 Å². The third kappa shape index (κ3) is 6.33. The van der Waals surface area contributed by atoms with Crippen LogP contribution in [0.2, 0.25) is 0 Å². The summed E-state index contributed by atoms with van der Waals surface area (Å²) in [5.41, 5.74) is 2.58. The van der Waals surface area contributed by atoms with Crippen molar-refractivity contribution in [1.29, 1.82) is 0 Å².